The lowest BCUT2D eigenvalue weighted by molar-refractivity contribution is -0.120. The summed E-state index contributed by atoms with van der Waals surface area (Å²) in [6.07, 6.45) is 2.63. The van der Waals surface area contributed by atoms with E-state index in [0.717, 1.165) is 25.0 Å². The van der Waals surface area contributed by atoms with E-state index in [9.17, 15) is 9.59 Å². The minimum Gasteiger partial charge on any atom is -0.384 e. The summed E-state index contributed by atoms with van der Waals surface area (Å²) >= 11 is 0. The average Bonchev–Trinajstić information content (AvgIpc) is 2.29. The summed E-state index contributed by atoms with van der Waals surface area (Å²) in [6, 6.07) is 3.45. The minimum atomic E-state index is -0.274. The van der Waals surface area contributed by atoms with E-state index in [0.29, 0.717) is 5.69 Å². The van der Waals surface area contributed by atoms with Crippen molar-refractivity contribution in [3.05, 3.63) is 28.2 Å². The summed E-state index contributed by atoms with van der Waals surface area (Å²) in [5, 5.41) is 2.86. The smallest absolute Gasteiger partial charge is 0.274 e. The maximum Gasteiger partial charge on any atom is 0.274 e. The molecule has 2 heterocycles. The molecule has 2 rings (SSSR count). The molecule has 1 aromatic heterocycles. The standard InChI is InChI=1S/C12H16N2O2.H2/c1-8(15)11-5-3-4-9-6-7-10(13-2)12(16)14(9)11;/h6-7,11,13H,3-5H2,1-2H3;1H. The normalized spacial score (nSPS) is 19.0. The van der Waals surface area contributed by atoms with Crippen LogP contribution in [0.1, 0.15) is 32.9 Å². The number of nitrogens with zero attached hydrogens (tertiary/aromatic N) is 1. The first kappa shape index (κ1) is 10.9. The van der Waals surface area contributed by atoms with Crippen LogP contribution in [0.3, 0.4) is 0 Å². The molecule has 0 bridgehead atoms. The number of carbonyl (C=O) groups is 1. The van der Waals surface area contributed by atoms with E-state index in [1.54, 1.807) is 24.6 Å². The van der Waals surface area contributed by atoms with E-state index in [4.69, 9.17) is 0 Å². The van der Waals surface area contributed by atoms with E-state index < -0.39 is 0 Å². The number of hydrogen-bond donors (Lipinski definition) is 1. The van der Waals surface area contributed by atoms with Gasteiger partial charge >= 0.3 is 0 Å². The first-order valence-corrected chi connectivity index (χ1v) is 5.57. The molecule has 0 aliphatic carbocycles. The van der Waals surface area contributed by atoms with Crippen LogP contribution in [-0.2, 0) is 11.2 Å². The molecule has 4 heteroatoms. The van der Waals surface area contributed by atoms with Crippen molar-refractivity contribution >= 4 is 11.5 Å². The predicted molar refractivity (Wildman–Crippen MR) is 65.0 cm³/mol. The fourth-order valence-corrected chi connectivity index (χ4v) is 2.32. The monoisotopic (exact) mass is 222 g/mol. The number of aromatic nitrogens is 1. The Morgan fingerprint density at radius 3 is 2.94 bits per heavy atom. The highest BCUT2D eigenvalue weighted by Crippen LogP contribution is 2.24. The second-order valence-corrected chi connectivity index (χ2v) is 4.18. The van der Waals surface area contributed by atoms with Crippen LogP contribution < -0.4 is 10.9 Å². The lowest BCUT2D eigenvalue weighted by Gasteiger charge is -2.26. The molecule has 1 atom stereocenters. The van der Waals surface area contributed by atoms with Crippen LogP contribution in [-0.4, -0.2) is 17.4 Å². The van der Waals surface area contributed by atoms with Crippen LogP contribution in [0.5, 0.6) is 0 Å². The van der Waals surface area contributed by atoms with Crippen LogP contribution in [0.25, 0.3) is 0 Å². The summed E-state index contributed by atoms with van der Waals surface area (Å²) in [4.78, 5) is 23.6. The zero-order valence-corrected chi connectivity index (χ0v) is 9.62. The summed E-state index contributed by atoms with van der Waals surface area (Å²) in [5.74, 6) is 0.0660. The van der Waals surface area contributed by atoms with Gasteiger partial charge in [-0.2, -0.15) is 0 Å². The molecule has 1 N–H and O–H groups in total. The van der Waals surface area contributed by atoms with Gasteiger partial charge in [-0.15, -0.1) is 0 Å². The van der Waals surface area contributed by atoms with Crippen molar-refractivity contribution in [1.82, 2.24) is 4.57 Å². The first-order chi connectivity index (χ1) is 7.65. The van der Waals surface area contributed by atoms with Crippen molar-refractivity contribution in [1.29, 1.82) is 0 Å². The molecule has 0 aromatic carbocycles. The fourth-order valence-electron chi connectivity index (χ4n) is 2.32. The van der Waals surface area contributed by atoms with Gasteiger partial charge in [-0.1, -0.05) is 0 Å². The third-order valence-corrected chi connectivity index (χ3v) is 3.16. The quantitative estimate of drug-likeness (QED) is 0.827. The van der Waals surface area contributed by atoms with Crippen LogP contribution in [0.15, 0.2) is 16.9 Å². The van der Waals surface area contributed by atoms with E-state index >= 15 is 0 Å². The van der Waals surface area contributed by atoms with Gasteiger partial charge in [-0.05, 0) is 38.3 Å². The van der Waals surface area contributed by atoms with E-state index in [1.165, 1.54) is 0 Å². The highest BCUT2D eigenvalue weighted by atomic mass is 16.1. The molecular weight excluding hydrogens is 204 g/mol. The van der Waals surface area contributed by atoms with Crippen molar-refractivity contribution in [2.24, 2.45) is 0 Å². The number of fused-ring (bicyclic) bond motifs is 1. The second-order valence-electron chi connectivity index (χ2n) is 4.18. The molecule has 1 aromatic rings. The SMILES string of the molecule is CNc1ccc2n(c1=O)C(C(C)=O)CCC2.[HH]. The van der Waals surface area contributed by atoms with Gasteiger partial charge in [0, 0.05) is 14.2 Å². The number of Topliss-reactive ketones (excluding diaryl/α,β-unsaturated/α-hetero) is 1. The van der Waals surface area contributed by atoms with Gasteiger partial charge < -0.3 is 9.88 Å². The lowest BCUT2D eigenvalue weighted by atomic mass is 9.98. The third-order valence-electron chi connectivity index (χ3n) is 3.16. The Hall–Kier alpha value is -1.58. The molecule has 0 saturated heterocycles. The minimum absolute atomic E-state index is 0. The van der Waals surface area contributed by atoms with E-state index in [-0.39, 0.29) is 18.8 Å². The number of anilines is 1. The van der Waals surface area contributed by atoms with Gasteiger partial charge in [0.25, 0.3) is 5.56 Å². The Balaban J connectivity index is 0.00000144. The molecule has 1 aliphatic heterocycles. The van der Waals surface area contributed by atoms with Crippen molar-refractivity contribution in [2.45, 2.75) is 32.2 Å². The molecule has 4 nitrogen and oxygen atoms in total. The zero-order chi connectivity index (χ0) is 11.7. The largest absolute Gasteiger partial charge is 0.384 e. The third kappa shape index (κ3) is 1.64. The summed E-state index contributed by atoms with van der Waals surface area (Å²) in [7, 11) is 1.72. The van der Waals surface area contributed by atoms with Gasteiger partial charge in [-0.25, -0.2) is 0 Å². The Labute approximate surface area is 95.8 Å². The topological polar surface area (TPSA) is 51.1 Å². The first-order valence-electron chi connectivity index (χ1n) is 5.57. The summed E-state index contributed by atoms with van der Waals surface area (Å²) in [6.45, 7) is 1.55. The van der Waals surface area contributed by atoms with E-state index in [2.05, 4.69) is 5.32 Å². The number of carbonyl (C=O) groups excluding carboxylic acids is 1. The van der Waals surface area contributed by atoms with Gasteiger partial charge in [0.1, 0.15) is 5.69 Å². The van der Waals surface area contributed by atoms with Crippen LogP contribution >= 0.6 is 0 Å². The average molecular weight is 222 g/mol. The molecule has 0 spiro atoms. The van der Waals surface area contributed by atoms with Crippen molar-refractivity contribution < 1.29 is 6.22 Å². The molecule has 1 aliphatic rings. The van der Waals surface area contributed by atoms with Gasteiger partial charge in [0.2, 0.25) is 0 Å². The second kappa shape index (κ2) is 4.12. The van der Waals surface area contributed by atoms with Crippen LogP contribution in [0.2, 0.25) is 0 Å². The van der Waals surface area contributed by atoms with Gasteiger partial charge in [0.05, 0.1) is 6.04 Å². The van der Waals surface area contributed by atoms with Gasteiger partial charge in [-0.3, -0.25) is 9.59 Å². The molecule has 0 amide bonds. The Bertz CT molecular complexity index is 482. The summed E-state index contributed by atoms with van der Waals surface area (Å²) < 4.78 is 1.65. The predicted octanol–water partition coefficient (Wildman–Crippen LogP) is 1.60. The molecule has 1 unspecified atom stereocenters. The maximum absolute atomic E-state index is 12.1. The Morgan fingerprint density at radius 2 is 2.31 bits per heavy atom. The van der Waals surface area contributed by atoms with Crippen molar-refractivity contribution in [3.63, 3.8) is 0 Å². The molecule has 0 fully saturated rings. The summed E-state index contributed by atoms with van der Waals surface area (Å²) in [5.41, 5.74) is 1.44. The van der Waals surface area contributed by atoms with Gasteiger partial charge in [0.15, 0.2) is 5.78 Å². The number of rotatable bonds is 2. The molecular formula is C12H18N2O2. The van der Waals surface area contributed by atoms with Crippen molar-refractivity contribution in [3.8, 4) is 0 Å². The lowest BCUT2D eigenvalue weighted by Crippen LogP contribution is -2.35. The highest BCUT2D eigenvalue weighted by Gasteiger charge is 2.24. The maximum atomic E-state index is 12.1. The number of aryl methyl sites for hydroxylation is 1. The zero-order valence-electron chi connectivity index (χ0n) is 9.62. The van der Waals surface area contributed by atoms with Crippen molar-refractivity contribution in [2.75, 3.05) is 12.4 Å². The molecule has 16 heavy (non-hydrogen) atoms. The number of ketones is 1. The molecule has 0 radical (unpaired) electrons. The van der Waals surface area contributed by atoms with Crippen LogP contribution in [0.4, 0.5) is 5.69 Å². The highest BCUT2D eigenvalue weighted by molar-refractivity contribution is 5.80. The fraction of sp³-hybridized carbons (Fsp3) is 0.500. The molecule has 0 saturated carbocycles. The molecule has 88 valence electrons. The van der Waals surface area contributed by atoms with E-state index in [1.807, 2.05) is 6.07 Å². The van der Waals surface area contributed by atoms with Crippen LogP contribution in [0, 0.1) is 0 Å². The Morgan fingerprint density at radius 1 is 1.56 bits per heavy atom. The number of hydrogen-bond acceptors (Lipinski definition) is 3. The Kier molecular flexibility index (Phi) is 2.81. The number of pyridine rings is 1. The number of nitrogens with one attached hydrogen (secondary N) is 1.